The maximum atomic E-state index is 12.8. The number of amides is 1. The number of likely N-dealkylation sites (tertiary alicyclic amines) is 1. The van der Waals surface area contributed by atoms with Crippen LogP contribution in [0, 0.1) is 5.92 Å². The molecule has 0 aromatic heterocycles. The first-order valence-corrected chi connectivity index (χ1v) is 7.03. The zero-order valence-electron chi connectivity index (χ0n) is 12.5. The third kappa shape index (κ3) is 3.33. The van der Waals surface area contributed by atoms with E-state index >= 15 is 0 Å². The number of benzene rings is 1. The lowest BCUT2D eigenvalue weighted by molar-refractivity contribution is -0.138. The molecule has 1 fully saturated rings. The molecule has 112 valence electrons. The number of halogens is 1. The number of hydrogen-bond acceptors (Lipinski definition) is 2. The summed E-state index contributed by atoms with van der Waals surface area (Å²) in [5, 5.41) is 0. The number of nitrogens with two attached hydrogens (primary N) is 1. The largest absolute Gasteiger partial charge is 0.342 e. The zero-order chi connectivity index (χ0) is 14.0. The van der Waals surface area contributed by atoms with E-state index in [1.54, 1.807) is 0 Å². The van der Waals surface area contributed by atoms with Crippen molar-refractivity contribution in [2.24, 2.45) is 11.7 Å². The molecule has 1 amide bonds. The fourth-order valence-corrected chi connectivity index (χ4v) is 2.72. The fourth-order valence-electron chi connectivity index (χ4n) is 2.72. The van der Waals surface area contributed by atoms with Crippen LogP contribution in [0.4, 0.5) is 0 Å². The summed E-state index contributed by atoms with van der Waals surface area (Å²) in [7, 11) is 0. The van der Waals surface area contributed by atoms with Gasteiger partial charge in [-0.05, 0) is 31.7 Å². The Morgan fingerprint density at radius 2 is 1.90 bits per heavy atom. The lowest BCUT2D eigenvalue weighted by Crippen LogP contribution is -2.52. The van der Waals surface area contributed by atoms with Crippen molar-refractivity contribution in [1.82, 2.24) is 4.90 Å². The predicted molar refractivity (Wildman–Crippen MR) is 85.1 cm³/mol. The van der Waals surface area contributed by atoms with Crippen molar-refractivity contribution in [3.8, 4) is 0 Å². The molecule has 0 spiro atoms. The van der Waals surface area contributed by atoms with Crippen molar-refractivity contribution in [2.45, 2.75) is 38.6 Å². The first-order valence-electron chi connectivity index (χ1n) is 7.03. The Balaban J connectivity index is 0.00000200. The van der Waals surface area contributed by atoms with Crippen LogP contribution >= 0.6 is 12.4 Å². The van der Waals surface area contributed by atoms with Crippen LogP contribution < -0.4 is 5.73 Å². The molecule has 2 rings (SSSR count). The summed E-state index contributed by atoms with van der Waals surface area (Å²) in [4.78, 5) is 14.7. The van der Waals surface area contributed by atoms with Gasteiger partial charge in [0.2, 0.25) is 5.91 Å². The van der Waals surface area contributed by atoms with Crippen molar-refractivity contribution in [1.29, 1.82) is 0 Å². The Morgan fingerprint density at radius 1 is 1.30 bits per heavy atom. The van der Waals surface area contributed by atoms with E-state index in [1.165, 1.54) is 0 Å². The second-order valence-corrected chi connectivity index (χ2v) is 6.17. The molecule has 1 aromatic carbocycles. The van der Waals surface area contributed by atoms with Crippen molar-refractivity contribution < 1.29 is 4.79 Å². The molecule has 2 N–H and O–H groups in total. The number of hydrogen-bond donors (Lipinski definition) is 1. The first-order chi connectivity index (χ1) is 8.93. The van der Waals surface area contributed by atoms with Crippen LogP contribution in [0.1, 0.15) is 32.8 Å². The standard InChI is InChI=1S/C16H24N2O.ClH/c1-12-11-18(10-9-14(12)17)15(19)16(2,3)13-7-5-4-6-8-13;/h4-8,12,14H,9-11,17H2,1-3H3;1H. The van der Waals surface area contributed by atoms with Crippen LogP contribution in [-0.2, 0) is 10.2 Å². The third-order valence-corrected chi connectivity index (χ3v) is 4.29. The van der Waals surface area contributed by atoms with E-state index in [-0.39, 0.29) is 24.4 Å². The molecule has 4 heteroatoms. The van der Waals surface area contributed by atoms with Gasteiger partial charge in [-0.3, -0.25) is 4.79 Å². The highest BCUT2D eigenvalue weighted by Crippen LogP contribution is 2.27. The normalized spacial score (nSPS) is 23.1. The van der Waals surface area contributed by atoms with Crippen LogP contribution in [0.2, 0.25) is 0 Å². The molecule has 1 aliphatic heterocycles. The van der Waals surface area contributed by atoms with Gasteiger partial charge in [0.25, 0.3) is 0 Å². The number of carbonyl (C=O) groups is 1. The molecule has 0 radical (unpaired) electrons. The van der Waals surface area contributed by atoms with Crippen molar-refractivity contribution in [3.05, 3.63) is 35.9 Å². The van der Waals surface area contributed by atoms with Gasteiger partial charge < -0.3 is 10.6 Å². The molecule has 2 atom stereocenters. The summed E-state index contributed by atoms with van der Waals surface area (Å²) in [6.07, 6.45) is 0.901. The summed E-state index contributed by atoms with van der Waals surface area (Å²) < 4.78 is 0. The molecular weight excluding hydrogens is 272 g/mol. The van der Waals surface area contributed by atoms with E-state index in [1.807, 2.05) is 49.1 Å². The van der Waals surface area contributed by atoms with Gasteiger partial charge in [-0.1, -0.05) is 37.3 Å². The second-order valence-electron chi connectivity index (χ2n) is 6.17. The maximum Gasteiger partial charge on any atom is 0.232 e. The molecule has 2 unspecified atom stereocenters. The van der Waals surface area contributed by atoms with Gasteiger partial charge in [0, 0.05) is 19.1 Å². The average molecular weight is 297 g/mol. The molecule has 20 heavy (non-hydrogen) atoms. The van der Waals surface area contributed by atoms with E-state index in [9.17, 15) is 4.79 Å². The highest BCUT2D eigenvalue weighted by Gasteiger charge is 2.36. The average Bonchev–Trinajstić information content (AvgIpc) is 2.42. The summed E-state index contributed by atoms with van der Waals surface area (Å²) in [6, 6.07) is 10.2. The minimum atomic E-state index is -0.470. The lowest BCUT2D eigenvalue weighted by atomic mass is 9.82. The second kappa shape index (κ2) is 6.59. The highest BCUT2D eigenvalue weighted by atomic mass is 35.5. The summed E-state index contributed by atoms with van der Waals surface area (Å²) in [6.45, 7) is 7.68. The Hall–Kier alpha value is -1.06. The van der Waals surface area contributed by atoms with Gasteiger partial charge in [0.05, 0.1) is 5.41 Å². The van der Waals surface area contributed by atoms with Gasteiger partial charge in [-0.15, -0.1) is 12.4 Å². The molecule has 1 heterocycles. The van der Waals surface area contributed by atoms with Gasteiger partial charge in [0.15, 0.2) is 0 Å². The van der Waals surface area contributed by atoms with E-state index in [4.69, 9.17) is 5.73 Å². The molecule has 0 bridgehead atoms. The monoisotopic (exact) mass is 296 g/mol. The van der Waals surface area contributed by atoms with E-state index < -0.39 is 5.41 Å². The molecule has 3 nitrogen and oxygen atoms in total. The van der Waals surface area contributed by atoms with Crippen LogP contribution in [-0.4, -0.2) is 29.9 Å². The number of rotatable bonds is 2. The third-order valence-electron chi connectivity index (χ3n) is 4.29. The minimum Gasteiger partial charge on any atom is -0.342 e. The van der Waals surface area contributed by atoms with Gasteiger partial charge in [-0.25, -0.2) is 0 Å². The molecular formula is C16H25ClN2O. The van der Waals surface area contributed by atoms with Crippen LogP contribution in [0.15, 0.2) is 30.3 Å². The topological polar surface area (TPSA) is 46.3 Å². The predicted octanol–water partition coefficient (Wildman–Crippen LogP) is 2.58. The smallest absolute Gasteiger partial charge is 0.232 e. The SMILES string of the molecule is CC1CN(C(=O)C(C)(C)c2ccccc2)CCC1N.Cl. The zero-order valence-corrected chi connectivity index (χ0v) is 13.3. The summed E-state index contributed by atoms with van der Waals surface area (Å²) >= 11 is 0. The van der Waals surface area contributed by atoms with Gasteiger partial charge in [0.1, 0.15) is 0 Å². The quantitative estimate of drug-likeness (QED) is 0.912. The maximum absolute atomic E-state index is 12.8. The first kappa shape index (κ1) is 17.0. The van der Waals surface area contributed by atoms with Crippen LogP contribution in [0.5, 0.6) is 0 Å². The van der Waals surface area contributed by atoms with Crippen molar-refractivity contribution in [2.75, 3.05) is 13.1 Å². The Labute approximate surface area is 127 Å². The van der Waals surface area contributed by atoms with E-state index in [2.05, 4.69) is 6.92 Å². The van der Waals surface area contributed by atoms with Crippen LogP contribution in [0.25, 0.3) is 0 Å². The number of nitrogens with zero attached hydrogens (tertiary/aromatic N) is 1. The van der Waals surface area contributed by atoms with E-state index in [0.717, 1.165) is 25.1 Å². The van der Waals surface area contributed by atoms with Crippen molar-refractivity contribution in [3.63, 3.8) is 0 Å². The molecule has 1 aliphatic rings. The molecule has 1 aromatic rings. The van der Waals surface area contributed by atoms with Gasteiger partial charge in [-0.2, -0.15) is 0 Å². The summed E-state index contributed by atoms with van der Waals surface area (Å²) in [5.74, 6) is 0.585. The number of carbonyl (C=O) groups excluding carboxylic acids is 1. The van der Waals surface area contributed by atoms with E-state index in [0.29, 0.717) is 5.92 Å². The summed E-state index contributed by atoms with van der Waals surface area (Å²) in [5.41, 5.74) is 6.62. The van der Waals surface area contributed by atoms with Gasteiger partial charge >= 0.3 is 0 Å². The number of piperidine rings is 1. The Kier molecular flexibility index (Phi) is 5.60. The minimum absolute atomic E-state index is 0. The molecule has 1 saturated heterocycles. The Bertz CT molecular complexity index is 447. The molecule has 0 saturated carbocycles. The lowest BCUT2D eigenvalue weighted by Gasteiger charge is -2.39. The highest BCUT2D eigenvalue weighted by molar-refractivity contribution is 5.87. The molecule has 0 aliphatic carbocycles. The van der Waals surface area contributed by atoms with Crippen molar-refractivity contribution >= 4 is 18.3 Å². The Morgan fingerprint density at radius 3 is 2.45 bits per heavy atom. The fraction of sp³-hybridized carbons (Fsp3) is 0.562. The van der Waals surface area contributed by atoms with Crippen LogP contribution in [0.3, 0.4) is 0 Å².